The summed E-state index contributed by atoms with van der Waals surface area (Å²) in [4.78, 5) is 31.3. The fourth-order valence-corrected chi connectivity index (χ4v) is 0.794. The van der Waals surface area contributed by atoms with Crippen molar-refractivity contribution >= 4 is 17.9 Å². The van der Waals surface area contributed by atoms with Crippen molar-refractivity contribution in [3.63, 3.8) is 0 Å². The highest BCUT2D eigenvalue weighted by Gasteiger charge is 2.03. The predicted octanol–water partition coefficient (Wildman–Crippen LogP) is 3.62. The van der Waals surface area contributed by atoms with Gasteiger partial charge in [0.05, 0.1) is 20.3 Å². The first-order valence-electron chi connectivity index (χ1n) is 7.79. The maximum Gasteiger partial charge on any atom is 0.333 e. The molecular weight excluding hydrogens is 324 g/mol. The van der Waals surface area contributed by atoms with Gasteiger partial charge < -0.3 is 14.2 Å². The minimum absolute atomic E-state index is 0.297. The Morgan fingerprint density at radius 2 is 1.16 bits per heavy atom. The van der Waals surface area contributed by atoms with Crippen LogP contribution in [0, 0.1) is 5.92 Å². The highest BCUT2D eigenvalue weighted by atomic mass is 16.5. The van der Waals surface area contributed by atoms with Gasteiger partial charge in [0.15, 0.2) is 0 Å². The summed E-state index contributed by atoms with van der Waals surface area (Å²) in [7, 11) is 1.33. The second-order valence-electron chi connectivity index (χ2n) is 5.55. The fraction of sp³-hybridized carbons (Fsp3) is 0.526. The van der Waals surface area contributed by atoms with Crippen LogP contribution in [0.2, 0.25) is 0 Å². The van der Waals surface area contributed by atoms with Gasteiger partial charge in [-0.1, -0.05) is 33.6 Å². The molecule has 0 aromatic heterocycles. The third-order valence-corrected chi connectivity index (χ3v) is 2.05. The highest BCUT2D eigenvalue weighted by molar-refractivity contribution is 5.87. The van der Waals surface area contributed by atoms with Gasteiger partial charge in [0.25, 0.3) is 0 Å². The standard InChI is InChI=1S/C8H14O2.C6H10O2.C5H8O2/c1-6(2)5-10-8(9)7(3)4;1-4-8-6(7)5(2)3;1-4(2)5(6)7-3/h6H,3,5H2,1-2,4H3;2,4H2,1,3H3;1H2,2-3H3. The molecule has 0 aliphatic rings. The minimum Gasteiger partial charge on any atom is -0.466 e. The molecule has 0 saturated heterocycles. The number of rotatable bonds is 6. The maximum atomic E-state index is 10.7. The summed E-state index contributed by atoms with van der Waals surface area (Å²) in [5.74, 6) is -0.565. The Balaban J connectivity index is -0.000000296. The van der Waals surface area contributed by atoms with Gasteiger partial charge in [0, 0.05) is 16.7 Å². The first-order valence-corrected chi connectivity index (χ1v) is 7.79. The zero-order valence-corrected chi connectivity index (χ0v) is 16.6. The summed E-state index contributed by atoms with van der Waals surface area (Å²) < 4.78 is 13.7. The Morgan fingerprint density at radius 3 is 1.32 bits per heavy atom. The molecule has 6 heteroatoms. The van der Waals surface area contributed by atoms with Crippen LogP contribution >= 0.6 is 0 Å². The van der Waals surface area contributed by atoms with Crippen LogP contribution in [0.3, 0.4) is 0 Å². The van der Waals surface area contributed by atoms with E-state index in [0.29, 0.717) is 35.9 Å². The number of ether oxygens (including phenoxy) is 3. The number of hydrogen-bond donors (Lipinski definition) is 0. The summed E-state index contributed by atoms with van der Waals surface area (Å²) in [5, 5.41) is 0. The quantitative estimate of drug-likeness (QED) is 0.411. The van der Waals surface area contributed by atoms with Gasteiger partial charge in [-0.05, 0) is 33.6 Å². The molecule has 0 saturated carbocycles. The van der Waals surface area contributed by atoms with Gasteiger partial charge in [-0.15, -0.1) is 0 Å². The molecular formula is C19H32O6. The Hall–Kier alpha value is -2.37. The molecule has 0 aromatic rings. The lowest BCUT2D eigenvalue weighted by molar-refractivity contribution is -0.140. The second-order valence-corrected chi connectivity index (χ2v) is 5.55. The molecule has 0 aromatic carbocycles. The van der Waals surface area contributed by atoms with Gasteiger partial charge in [0.1, 0.15) is 0 Å². The van der Waals surface area contributed by atoms with Crippen molar-refractivity contribution in [2.75, 3.05) is 20.3 Å². The monoisotopic (exact) mass is 356 g/mol. The van der Waals surface area contributed by atoms with Gasteiger partial charge in [-0.2, -0.15) is 0 Å². The fourth-order valence-electron chi connectivity index (χ4n) is 0.794. The van der Waals surface area contributed by atoms with Gasteiger partial charge >= 0.3 is 17.9 Å². The van der Waals surface area contributed by atoms with Crippen molar-refractivity contribution in [1.82, 2.24) is 0 Å². The van der Waals surface area contributed by atoms with E-state index in [4.69, 9.17) is 4.74 Å². The molecule has 0 unspecified atom stereocenters. The van der Waals surface area contributed by atoms with Crippen molar-refractivity contribution in [2.45, 2.75) is 41.5 Å². The van der Waals surface area contributed by atoms with Crippen LogP contribution < -0.4 is 0 Å². The third-order valence-electron chi connectivity index (χ3n) is 2.05. The first kappa shape index (κ1) is 27.5. The molecule has 144 valence electrons. The van der Waals surface area contributed by atoms with Gasteiger partial charge in [0.2, 0.25) is 0 Å². The van der Waals surface area contributed by atoms with Crippen molar-refractivity contribution in [3.8, 4) is 0 Å². The van der Waals surface area contributed by atoms with Crippen molar-refractivity contribution in [2.24, 2.45) is 5.92 Å². The van der Waals surface area contributed by atoms with E-state index < -0.39 is 0 Å². The lowest BCUT2D eigenvalue weighted by atomic mass is 10.2. The van der Waals surface area contributed by atoms with E-state index in [1.165, 1.54) is 7.11 Å². The summed E-state index contributed by atoms with van der Waals surface area (Å²) in [6, 6.07) is 0. The van der Waals surface area contributed by atoms with Crippen LogP contribution in [0.4, 0.5) is 0 Å². The lowest BCUT2D eigenvalue weighted by Gasteiger charge is -2.05. The van der Waals surface area contributed by atoms with E-state index in [-0.39, 0.29) is 17.9 Å². The number of carbonyl (C=O) groups excluding carboxylic acids is 3. The molecule has 0 N–H and O–H groups in total. The molecule has 6 nitrogen and oxygen atoms in total. The zero-order valence-electron chi connectivity index (χ0n) is 16.6. The largest absolute Gasteiger partial charge is 0.466 e. The Labute approximate surface area is 151 Å². The lowest BCUT2D eigenvalue weighted by Crippen LogP contribution is -2.09. The molecule has 25 heavy (non-hydrogen) atoms. The normalized spacial score (nSPS) is 8.64. The molecule has 0 spiro atoms. The third kappa shape index (κ3) is 21.6. The second kappa shape index (κ2) is 16.5. The molecule has 0 heterocycles. The van der Waals surface area contributed by atoms with Crippen molar-refractivity contribution in [1.29, 1.82) is 0 Å². The maximum absolute atomic E-state index is 10.7. The smallest absolute Gasteiger partial charge is 0.333 e. The van der Waals surface area contributed by atoms with E-state index in [2.05, 4.69) is 29.2 Å². The van der Waals surface area contributed by atoms with Crippen LogP contribution in [0.15, 0.2) is 36.5 Å². The molecule has 0 aliphatic carbocycles. The zero-order chi connectivity index (χ0) is 20.6. The summed E-state index contributed by atoms with van der Waals surface area (Å²) >= 11 is 0. The Kier molecular flexibility index (Phi) is 18.1. The van der Waals surface area contributed by atoms with Crippen LogP contribution in [-0.4, -0.2) is 38.2 Å². The summed E-state index contributed by atoms with van der Waals surface area (Å²) in [6.45, 7) is 21.7. The molecule has 0 bridgehead atoms. The van der Waals surface area contributed by atoms with E-state index in [1.807, 2.05) is 13.8 Å². The number of hydrogen-bond acceptors (Lipinski definition) is 6. The van der Waals surface area contributed by atoms with Crippen LogP contribution in [0.1, 0.15) is 41.5 Å². The van der Waals surface area contributed by atoms with Crippen LogP contribution in [0.25, 0.3) is 0 Å². The molecule has 0 atom stereocenters. The van der Waals surface area contributed by atoms with E-state index in [1.54, 1.807) is 27.7 Å². The molecule has 0 fully saturated rings. The van der Waals surface area contributed by atoms with Crippen LogP contribution in [-0.2, 0) is 28.6 Å². The predicted molar refractivity (Wildman–Crippen MR) is 98.9 cm³/mol. The topological polar surface area (TPSA) is 78.9 Å². The minimum atomic E-state index is -0.347. The Morgan fingerprint density at radius 1 is 0.800 bits per heavy atom. The Bertz CT molecular complexity index is 474. The first-order chi connectivity index (χ1) is 11.4. The average molecular weight is 356 g/mol. The molecule has 0 aliphatic heterocycles. The number of esters is 3. The highest BCUT2D eigenvalue weighted by Crippen LogP contribution is 1.97. The summed E-state index contributed by atoms with van der Waals surface area (Å²) in [6.07, 6.45) is 0. The average Bonchev–Trinajstić information content (AvgIpc) is 2.52. The van der Waals surface area contributed by atoms with Crippen molar-refractivity contribution < 1.29 is 28.6 Å². The van der Waals surface area contributed by atoms with E-state index in [9.17, 15) is 14.4 Å². The van der Waals surface area contributed by atoms with E-state index >= 15 is 0 Å². The number of methoxy groups -OCH3 is 1. The summed E-state index contributed by atoms with van der Waals surface area (Å²) in [5.41, 5.74) is 1.34. The SMILES string of the molecule is C=C(C)C(=O)OC.C=C(C)C(=O)OCC.C=C(C)C(=O)OCC(C)C. The van der Waals surface area contributed by atoms with E-state index in [0.717, 1.165) is 0 Å². The molecule has 0 radical (unpaired) electrons. The van der Waals surface area contributed by atoms with Crippen LogP contribution in [0.5, 0.6) is 0 Å². The van der Waals surface area contributed by atoms with Gasteiger partial charge in [-0.25, -0.2) is 14.4 Å². The van der Waals surface area contributed by atoms with Gasteiger partial charge in [-0.3, -0.25) is 0 Å². The molecule has 0 rings (SSSR count). The molecule has 0 amide bonds. The number of carbonyl (C=O) groups is 3. The van der Waals surface area contributed by atoms with Crippen molar-refractivity contribution in [3.05, 3.63) is 36.5 Å².